The summed E-state index contributed by atoms with van der Waals surface area (Å²) in [6, 6.07) is 0. The molecule has 1 fully saturated rings. The topological polar surface area (TPSA) is 29.1 Å². The fourth-order valence-corrected chi connectivity index (χ4v) is 1.97. The maximum atomic E-state index is 11.1. The predicted octanol–water partition coefficient (Wildman–Crippen LogP) is 1.32. The monoisotopic (exact) mass is 205 g/mol. The van der Waals surface area contributed by atoms with E-state index in [9.17, 15) is 4.79 Å². The van der Waals surface area contributed by atoms with Crippen LogP contribution < -0.4 is 5.32 Å². The standard InChI is InChI=1S/C8H15NOS2/c1-12-8(3-4-8)6-9-7(10)2-5-11/h11H,2-6H2,1H3,(H,9,10). The highest BCUT2D eigenvalue weighted by atomic mass is 32.2. The average Bonchev–Trinajstić information content (AvgIpc) is 2.82. The molecule has 1 saturated carbocycles. The SMILES string of the molecule is CSC1(CNC(=O)CCS)CC1. The number of thioether (sulfide) groups is 1. The summed E-state index contributed by atoms with van der Waals surface area (Å²) in [5.41, 5.74) is 0. The van der Waals surface area contributed by atoms with Crippen LogP contribution in [0.4, 0.5) is 0 Å². The first-order valence-electron chi connectivity index (χ1n) is 4.15. The first-order valence-corrected chi connectivity index (χ1v) is 6.01. The highest BCUT2D eigenvalue weighted by Crippen LogP contribution is 2.46. The lowest BCUT2D eigenvalue weighted by molar-refractivity contribution is -0.120. The van der Waals surface area contributed by atoms with Crippen molar-refractivity contribution in [1.82, 2.24) is 5.32 Å². The van der Waals surface area contributed by atoms with Crippen molar-refractivity contribution in [1.29, 1.82) is 0 Å². The van der Waals surface area contributed by atoms with Gasteiger partial charge < -0.3 is 5.32 Å². The van der Waals surface area contributed by atoms with Crippen LogP contribution in [-0.2, 0) is 4.79 Å². The van der Waals surface area contributed by atoms with E-state index in [1.165, 1.54) is 12.8 Å². The Morgan fingerprint density at radius 1 is 1.67 bits per heavy atom. The van der Waals surface area contributed by atoms with E-state index in [1.807, 2.05) is 11.8 Å². The van der Waals surface area contributed by atoms with Crippen molar-refractivity contribution in [3.05, 3.63) is 0 Å². The highest BCUT2D eigenvalue weighted by molar-refractivity contribution is 8.00. The second kappa shape index (κ2) is 4.42. The Morgan fingerprint density at radius 2 is 2.33 bits per heavy atom. The molecule has 12 heavy (non-hydrogen) atoms. The fourth-order valence-electron chi connectivity index (χ4n) is 1.04. The smallest absolute Gasteiger partial charge is 0.220 e. The zero-order chi connectivity index (χ0) is 9.03. The van der Waals surface area contributed by atoms with E-state index in [2.05, 4.69) is 24.2 Å². The molecule has 0 aromatic rings. The van der Waals surface area contributed by atoms with E-state index in [0.717, 1.165) is 6.54 Å². The molecule has 1 amide bonds. The molecule has 4 heteroatoms. The second-order valence-electron chi connectivity index (χ2n) is 3.14. The van der Waals surface area contributed by atoms with Gasteiger partial charge in [0.05, 0.1) is 0 Å². The van der Waals surface area contributed by atoms with Gasteiger partial charge in [0.25, 0.3) is 0 Å². The third-order valence-corrected chi connectivity index (χ3v) is 3.83. The summed E-state index contributed by atoms with van der Waals surface area (Å²) in [5, 5.41) is 2.93. The van der Waals surface area contributed by atoms with E-state index in [4.69, 9.17) is 0 Å². The molecular formula is C8H15NOS2. The van der Waals surface area contributed by atoms with Gasteiger partial charge in [-0.05, 0) is 24.9 Å². The van der Waals surface area contributed by atoms with Gasteiger partial charge in [0.15, 0.2) is 0 Å². The Labute approximate surface area is 83.3 Å². The summed E-state index contributed by atoms with van der Waals surface area (Å²) >= 11 is 5.86. The molecule has 0 spiro atoms. The lowest BCUT2D eigenvalue weighted by Gasteiger charge is -2.12. The van der Waals surface area contributed by atoms with E-state index < -0.39 is 0 Å². The summed E-state index contributed by atoms with van der Waals surface area (Å²) in [4.78, 5) is 11.1. The molecule has 0 bridgehead atoms. The minimum Gasteiger partial charge on any atom is -0.355 e. The Kier molecular flexibility index (Phi) is 3.77. The molecule has 0 aliphatic heterocycles. The summed E-state index contributed by atoms with van der Waals surface area (Å²) < 4.78 is 0.381. The first kappa shape index (κ1) is 10.3. The van der Waals surface area contributed by atoms with Crippen LogP contribution in [0.3, 0.4) is 0 Å². The summed E-state index contributed by atoms with van der Waals surface area (Å²) in [6.07, 6.45) is 5.13. The molecule has 0 radical (unpaired) electrons. The largest absolute Gasteiger partial charge is 0.355 e. The molecule has 0 atom stereocenters. The molecule has 1 rings (SSSR count). The highest BCUT2D eigenvalue weighted by Gasteiger charge is 2.41. The minimum absolute atomic E-state index is 0.130. The van der Waals surface area contributed by atoms with Gasteiger partial charge in [-0.3, -0.25) is 4.79 Å². The number of carbonyl (C=O) groups excluding carboxylic acids is 1. The van der Waals surface area contributed by atoms with Crippen LogP contribution in [0.2, 0.25) is 0 Å². The fraction of sp³-hybridized carbons (Fsp3) is 0.875. The van der Waals surface area contributed by atoms with Crippen LogP contribution in [0.5, 0.6) is 0 Å². The molecule has 0 heterocycles. The van der Waals surface area contributed by atoms with Gasteiger partial charge in [-0.15, -0.1) is 0 Å². The molecule has 1 aliphatic rings. The van der Waals surface area contributed by atoms with Crippen LogP contribution in [0.15, 0.2) is 0 Å². The van der Waals surface area contributed by atoms with Crippen LogP contribution in [0.1, 0.15) is 19.3 Å². The van der Waals surface area contributed by atoms with Crippen molar-refractivity contribution in [3.8, 4) is 0 Å². The van der Waals surface area contributed by atoms with Crippen molar-refractivity contribution >= 4 is 30.3 Å². The van der Waals surface area contributed by atoms with Crippen molar-refractivity contribution in [3.63, 3.8) is 0 Å². The van der Waals surface area contributed by atoms with Gasteiger partial charge in [0.2, 0.25) is 5.91 Å². The van der Waals surface area contributed by atoms with Crippen molar-refractivity contribution in [2.75, 3.05) is 18.6 Å². The molecule has 1 aliphatic carbocycles. The van der Waals surface area contributed by atoms with Crippen LogP contribution in [0.25, 0.3) is 0 Å². The third kappa shape index (κ3) is 2.90. The number of carbonyl (C=O) groups is 1. The van der Waals surface area contributed by atoms with Crippen molar-refractivity contribution < 1.29 is 4.79 Å². The second-order valence-corrected chi connectivity index (χ2v) is 4.86. The lowest BCUT2D eigenvalue weighted by atomic mass is 10.4. The number of hydrogen-bond donors (Lipinski definition) is 2. The summed E-state index contributed by atoms with van der Waals surface area (Å²) in [7, 11) is 0. The molecule has 0 saturated heterocycles. The maximum absolute atomic E-state index is 11.1. The van der Waals surface area contributed by atoms with Gasteiger partial charge in [-0.1, -0.05) is 0 Å². The number of rotatable bonds is 5. The maximum Gasteiger partial charge on any atom is 0.220 e. The number of hydrogen-bond acceptors (Lipinski definition) is 3. The normalized spacial score (nSPS) is 18.8. The molecule has 2 nitrogen and oxygen atoms in total. The first-order chi connectivity index (χ1) is 5.72. The van der Waals surface area contributed by atoms with Crippen molar-refractivity contribution in [2.24, 2.45) is 0 Å². The van der Waals surface area contributed by atoms with E-state index in [1.54, 1.807) is 0 Å². The summed E-state index contributed by atoms with van der Waals surface area (Å²) in [5.74, 6) is 0.767. The Balaban J connectivity index is 2.12. The van der Waals surface area contributed by atoms with Gasteiger partial charge >= 0.3 is 0 Å². The minimum atomic E-state index is 0.130. The molecule has 0 unspecified atom stereocenters. The molecule has 70 valence electrons. The van der Waals surface area contributed by atoms with Gasteiger partial charge in [0, 0.05) is 17.7 Å². The quantitative estimate of drug-likeness (QED) is 0.663. The van der Waals surface area contributed by atoms with E-state index in [0.29, 0.717) is 16.9 Å². The molecule has 0 aromatic heterocycles. The molecular weight excluding hydrogens is 190 g/mol. The van der Waals surface area contributed by atoms with Crippen LogP contribution in [0, 0.1) is 0 Å². The Morgan fingerprint density at radius 3 is 2.75 bits per heavy atom. The predicted molar refractivity (Wildman–Crippen MR) is 57.0 cm³/mol. The Bertz CT molecular complexity index is 168. The lowest BCUT2D eigenvalue weighted by Crippen LogP contribution is -2.31. The van der Waals surface area contributed by atoms with Gasteiger partial charge in [0.1, 0.15) is 0 Å². The molecule has 0 aromatic carbocycles. The average molecular weight is 205 g/mol. The number of amides is 1. The van der Waals surface area contributed by atoms with Crippen LogP contribution in [-0.4, -0.2) is 29.2 Å². The van der Waals surface area contributed by atoms with Crippen LogP contribution >= 0.6 is 24.4 Å². The van der Waals surface area contributed by atoms with E-state index >= 15 is 0 Å². The summed E-state index contributed by atoms with van der Waals surface area (Å²) in [6.45, 7) is 0.834. The zero-order valence-electron chi connectivity index (χ0n) is 7.30. The third-order valence-electron chi connectivity index (χ3n) is 2.19. The van der Waals surface area contributed by atoms with Gasteiger partial charge in [-0.2, -0.15) is 24.4 Å². The van der Waals surface area contributed by atoms with E-state index in [-0.39, 0.29) is 5.91 Å². The Hall–Kier alpha value is 0.170. The number of nitrogens with one attached hydrogen (secondary N) is 1. The number of thiol groups is 1. The zero-order valence-corrected chi connectivity index (χ0v) is 9.01. The van der Waals surface area contributed by atoms with Gasteiger partial charge in [-0.25, -0.2) is 0 Å². The van der Waals surface area contributed by atoms with Crippen molar-refractivity contribution in [2.45, 2.75) is 24.0 Å². The molecule has 1 N–H and O–H groups in total.